The lowest BCUT2D eigenvalue weighted by Crippen LogP contribution is -2.14. The third-order valence-corrected chi connectivity index (χ3v) is 6.62. The van der Waals surface area contributed by atoms with E-state index in [-0.39, 0.29) is 44.6 Å². The first-order chi connectivity index (χ1) is 18.1. The maximum atomic E-state index is 13.9. The molecule has 0 aliphatic rings. The molecule has 9 nitrogen and oxygen atoms in total. The Balaban J connectivity index is 1.62. The number of nitrogens with zero attached hydrogens (tertiary/aromatic N) is 5. The first kappa shape index (κ1) is 26.3. The largest absolute Gasteiger partial charge is 0.433 e. The minimum atomic E-state index is -4.90. The molecule has 0 atom stereocenters. The number of sulfonamides is 1. The van der Waals surface area contributed by atoms with Gasteiger partial charge in [-0.25, -0.2) is 23.1 Å². The van der Waals surface area contributed by atoms with Crippen LogP contribution in [-0.2, 0) is 22.4 Å². The van der Waals surface area contributed by atoms with E-state index in [2.05, 4.69) is 20.2 Å². The fraction of sp³-hybridized carbons (Fsp3) is 0.130. The molecule has 0 radical (unpaired) electrons. The molecule has 0 spiro atoms. The average Bonchev–Trinajstić information content (AvgIpc) is 3.48. The Labute approximate surface area is 215 Å². The van der Waals surface area contributed by atoms with E-state index in [1.807, 2.05) is 0 Å². The van der Waals surface area contributed by atoms with E-state index in [9.17, 15) is 34.8 Å². The van der Waals surface area contributed by atoms with Gasteiger partial charge in [0.15, 0.2) is 11.3 Å². The van der Waals surface area contributed by atoms with Crippen molar-refractivity contribution >= 4 is 15.7 Å². The molecule has 0 saturated heterocycles. The summed E-state index contributed by atoms with van der Waals surface area (Å²) in [6, 6.07) is 8.71. The lowest BCUT2D eigenvalue weighted by molar-refractivity contribution is -0.142. The Morgan fingerprint density at radius 2 is 1.56 bits per heavy atom. The third-order valence-electron chi connectivity index (χ3n) is 5.69. The molecule has 2 N–H and O–H groups in total. The van der Waals surface area contributed by atoms with Gasteiger partial charge in [0.05, 0.1) is 22.3 Å². The van der Waals surface area contributed by atoms with Crippen molar-refractivity contribution in [2.75, 3.05) is 0 Å². The van der Waals surface area contributed by atoms with E-state index in [1.165, 1.54) is 31.2 Å². The zero-order chi connectivity index (χ0) is 28.3. The number of aryl methyl sites for hydroxylation is 1. The molecule has 16 heteroatoms. The van der Waals surface area contributed by atoms with Crippen molar-refractivity contribution in [2.45, 2.75) is 24.2 Å². The summed E-state index contributed by atoms with van der Waals surface area (Å²) in [6.07, 6.45) is -8.50. The van der Waals surface area contributed by atoms with Gasteiger partial charge in [-0.3, -0.25) is 0 Å². The van der Waals surface area contributed by atoms with Crippen LogP contribution in [0, 0.1) is 6.92 Å². The number of rotatable bonds is 4. The van der Waals surface area contributed by atoms with E-state index in [0.29, 0.717) is 16.1 Å². The lowest BCUT2D eigenvalue weighted by Gasteiger charge is -2.14. The van der Waals surface area contributed by atoms with Gasteiger partial charge in [0.1, 0.15) is 5.56 Å². The number of fused-ring (bicyclic) bond motifs is 1. The molecule has 3 aromatic heterocycles. The standard InChI is InChI=1S/C23H14F6N6O3S/c1-11-8-13(4-7-16(11)22(24,25)26)17-9-18(23(27,28)29)35-20(32-17)15(10-31-35)21-33-19(34-38-21)12-2-5-14(6-3-12)39(30,36)37/h2-10H,1H3,(H2,30,36,37). The van der Waals surface area contributed by atoms with Gasteiger partial charge >= 0.3 is 12.4 Å². The van der Waals surface area contributed by atoms with Crippen LogP contribution in [0.5, 0.6) is 0 Å². The monoisotopic (exact) mass is 568 g/mol. The average molecular weight is 568 g/mol. The van der Waals surface area contributed by atoms with Crippen molar-refractivity contribution < 1.29 is 39.3 Å². The smallest absolute Gasteiger partial charge is 0.333 e. The number of nitrogens with two attached hydrogens (primary N) is 1. The second-order valence-electron chi connectivity index (χ2n) is 8.34. The molecule has 3 heterocycles. The van der Waals surface area contributed by atoms with Crippen LogP contribution in [0.3, 0.4) is 0 Å². The Morgan fingerprint density at radius 3 is 2.15 bits per heavy atom. The fourth-order valence-electron chi connectivity index (χ4n) is 3.85. The maximum absolute atomic E-state index is 13.9. The van der Waals surface area contributed by atoms with E-state index >= 15 is 0 Å². The molecule has 0 bridgehead atoms. The zero-order valence-electron chi connectivity index (χ0n) is 19.4. The van der Waals surface area contributed by atoms with Gasteiger partial charge in [0.25, 0.3) is 5.89 Å². The van der Waals surface area contributed by atoms with Crippen molar-refractivity contribution in [3.63, 3.8) is 0 Å². The van der Waals surface area contributed by atoms with Crippen LogP contribution in [0.2, 0.25) is 0 Å². The van der Waals surface area contributed by atoms with Crippen molar-refractivity contribution in [3.8, 4) is 34.1 Å². The summed E-state index contributed by atoms with van der Waals surface area (Å²) in [5, 5.41) is 12.6. The molecule has 2 aromatic carbocycles. The van der Waals surface area contributed by atoms with Crippen LogP contribution in [0.4, 0.5) is 26.3 Å². The summed E-state index contributed by atoms with van der Waals surface area (Å²) in [4.78, 5) is 8.21. The van der Waals surface area contributed by atoms with Crippen LogP contribution in [-0.4, -0.2) is 33.2 Å². The summed E-state index contributed by atoms with van der Waals surface area (Å²) in [5.41, 5.74) is -2.69. The number of hydrogen-bond acceptors (Lipinski definition) is 7. The van der Waals surface area contributed by atoms with Gasteiger partial charge < -0.3 is 4.52 Å². The number of aromatic nitrogens is 5. The summed E-state index contributed by atoms with van der Waals surface area (Å²) in [5.74, 6) is -0.271. The summed E-state index contributed by atoms with van der Waals surface area (Å²) in [6.45, 7) is 1.19. The van der Waals surface area contributed by atoms with Gasteiger partial charge in [-0.1, -0.05) is 11.2 Å². The quantitative estimate of drug-likeness (QED) is 0.299. The molecular weight excluding hydrogens is 554 g/mol. The maximum Gasteiger partial charge on any atom is 0.433 e. The van der Waals surface area contributed by atoms with E-state index < -0.39 is 33.6 Å². The van der Waals surface area contributed by atoms with E-state index in [4.69, 9.17) is 9.66 Å². The molecule has 0 amide bonds. The molecule has 5 aromatic rings. The molecule has 0 aliphatic carbocycles. The molecule has 5 rings (SSSR count). The van der Waals surface area contributed by atoms with Crippen LogP contribution in [0.15, 0.2) is 64.1 Å². The Morgan fingerprint density at radius 1 is 0.897 bits per heavy atom. The third kappa shape index (κ3) is 4.95. The lowest BCUT2D eigenvalue weighted by atomic mass is 10.0. The van der Waals surface area contributed by atoms with Gasteiger partial charge in [-0.05, 0) is 55.0 Å². The number of primary sulfonamides is 1. The highest BCUT2D eigenvalue weighted by Crippen LogP contribution is 2.37. The highest BCUT2D eigenvalue weighted by Gasteiger charge is 2.37. The SMILES string of the molecule is Cc1cc(-c2cc(C(F)(F)F)n3ncc(-c4nc(-c5ccc(S(N)(=O)=O)cc5)no4)c3n2)ccc1C(F)(F)F. The van der Waals surface area contributed by atoms with Crippen LogP contribution in [0.25, 0.3) is 39.7 Å². The van der Waals surface area contributed by atoms with Crippen molar-refractivity contribution in [1.29, 1.82) is 0 Å². The molecule has 39 heavy (non-hydrogen) atoms. The second-order valence-corrected chi connectivity index (χ2v) is 9.90. The van der Waals surface area contributed by atoms with E-state index in [1.54, 1.807) is 0 Å². The first-order valence-corrected chi connectivity index (χ1v) is 12.3. The van der Waals surface area contributed by atoms with Crippen molar-refractivity contribution in [3.05, 3.63) is 71.5 Å². The normalized spacial score (nSPS) is 12.8. The highest BCUT2D eigenvalue weighted by molar-refractivity contribution is 7.89. The molecule has 0 unspecified atom stereocenters. The van der Waals surface area contributed by atoms with Gasteiger partial charge in [0, 0.05) is 11.1 Å². The minimum Gasteiger partial charge on any atom is -0.333 e. The van der Waals surface area contributed by atoms with Crippen molar-refractivity contribution in [2.24, 2.45) is 5.14 Å². The number of benzene rings is 2. The van der Waals surface area contributed by atoms with Gasteiger partial charge in [0.2, 0.25) is 15.8 Å². The van der Waals surface area contributed by atoms with Crippen molar-refractivity contribution in [1.82, 2.24) is 24.7 Å². The van der Waals surface area contributed by atoms with Crippen LogP contribution in [0.1, 0.15) is 16.8 Å². The minimum absolute atomic E-state index is 0.0156. The summed E-state index contributed by atoms with van der Waals surface area (Å²) >= 11 is 0. The molecule has 0 fully saturated rings. The highest BCUT2D eigenvalue weighted by atomic mass is 32.2. The summed E-state index contributed by atoms with van der Waals surface area (Å²) in [7, 11) is -3.94. The van der Waals surface area contributed by atoms with Gasteiger partial charge in [-0.2, -0.15) is 36.4 Å². The Bertz CT molecular complexity index is 1830. The summed E-state index contributed by atoms with van der Waals surface area (Å²) < 4.78 is 110. The van der Waals surface area contributed by atoms with Gasteiger partial charge in [-0.15, -0.1) is 0 Å². The number of alkyl halides is 6. The first-order valence-electron chi connectivity index (χ1n) is 10.7. The molecule has 0 aliphatic heterocycles. The molecule has 202 valence electrons. The predicted molar refractivity (Wildman–Crippen MR) is 123 cm³/mol. The van der Waals surface area contributed by atoms with Crippen LogP contribution >= 0.6 is 0 Å². The Kier molecular flexibility index (Phi) is 5.99. The van der Waals surface area contributed by atoms with E-state index in [0.717, 1.165) is 24.4 Å². The van der Waals surface area contributed by atoms with Crippen LogP contribution < -0.4 is 5.14 Å². The fourth-order valence-corrected chi connectivity index (χ4v) is 4.36. The molecular formula is C23H14F6N6O3S. The zero-order valence-corrected chi connectivity index (χ0v) is 20.2. The molecule has 0 saturated carbocycles. The number of hydrogen-bond donors (Lipinski definition) is 1. The predicted octanol–water partition coefficient (Wildman–Crippen LogP) is 5.11. The topological polar surface area (TPSA) is 129 Å². The number of halogens is 6. The Hall–Kier alpha value is -4.31. The second kappa shape index (κ2) is 8.88.